The zero-order valence-corrected chi connectivity index (χ0v) is 11.4. The first-order valence-electron chi connectivity index (χ1n) is 5.86. The molecule has 0 spiro atoms. The highest BCUT2D eigenvalue weighted by molar-refractivity contribution is 6.32. The summed E-state index contributed by atoms with van der Waals surface area (Å²) in [7, 11) is 1.78. The summed E-state index contributed by atoms with van der Waals surface area (Å²) in [6, 6.07) is 6.75. The SMILES string of the molecule is CCC(C(=O)O)N(C)CCOc1ccccc1Cl. The van der Waals surface area contributed by atoms with Gasteiger partial charge in [-0.15, -0.1) is 0 Å². The molecule has 0 saturated heterocycles. The van der Waals surface area contributed by atoms with E-state index >= 15 is 0 Å². The van der Waals surface area contributed by atoms with Gasteiger partial charge in [0.1, 0.15) is 18.4 Å². The first kappa shape index (κ1) is 14.8. The third-order valence-corrected chi connectivity index (χ3v) is 3.05. The van der Waals surface area contributed by atoms with Gasteiger partial charge in [0.25, 0.3) is 0 Å². The summed E-state index contributed by atoms with van der Waals surface area (Å²) >= 11 is 5.95. The van der Waals surface area contributed by atoms with Gasteiger partial charge in [0, 0.05) is 6.54 Å². The molecule has 18 heavy (non-hydrogen) atoms. The van der Waals surface area contributed by atoms with Crippen LogP contribution in [0.4, 0.5) is 0 Å². The van der Waals surface area contributed by atoms with E-state index < -0.39 is 12.0 Å². The number of halogens is 1. The molecule has 1 N–H and O–H groups in total. The van der Waals surface area contributed by atoms with Crippen molar-refractivity contribution in [2.45, 2.75) is 19.4 Å². The standard InChI is InChI=1S/C13H18ClNO3/c1-3-11(13(16)17)15(2)8-9-18-12-7-5-4-6-10(12)14/h4-7,11H,3,8-9H2,1-2H3,(H,16,17). The average Bonchev–Trinajstić information content (AvgIpc) is 2.32. The van der Waals surface area contributed by atoms with Gasteiger partial charge in [-0.2, -0.15) is 0 Å². The van der Waals surface area contributed by atoms with Gasteiger partial charge in [0.05, 0.1) is 5.02 Å². The van der Waals surface area contributed by atoms with Crippen LogP contribution in [-0.2, 0) is 4.79 Å². The van der Waals surface area contributed by atoms with Crippen LogP contribution in [0.15, 0.2) is 24.3 Å². The molecule has 0 aromatic heterocycles. The number of carboxylic acids is 1. The number of benzene rings is 1. The Kier molecular flexibility index (Phi) is 5.95. The molecule has 1 aromatic carbocycles. The van der Waals surface area contributed by atoms with E-state index in [1.54, 1.807) is 24.1 Å². The van der Waals surface area contributed by atoms with Crippen molar-refractivity contribution in [1.29, 1.82) is 0 Å². The fourth-order valence-electron chi connectivity index (χ4n) is 1.69. The van der Waals surface area contributed by atoms with Crippen LogP contribution in [0.2, 0.25) is 5.02 Å². The molecule has 0 aliphatic heterocycles. The van der Waals surface area contributed by atoms with E-state index in [1.807, 2.05) is 19.1 Å². The van der Waals surface area contributed by atoms with Gasteiger partial charge in [0.2, 0.25) is 0 Å². The fourth-order valence-corrected chi connectivity index (χ4v) is 1.88. The lowest BCUT2D eigenvalue weighted by Crippen LogP contribution is -2.40. The highest BCUT2D eigenvalue weighted by Gasteiger charge is 2.19. The number of likely N-dealkylation sites (N-methyl/N-ethyl adjacent to an activating group) is 1. The maximum atomic E-state index is 11.0. The van der Waals surface area contributed by atoms with Gasteiger partial charge in [-0.25, -0.2) is 0 Å². The lowest BCUT2D eigenvalue weighted by Gasteiger charge is -2.23. The monoisotopic (exact) mass is 271 g/mol. The molecule has 0 bridgehead atoms. The summed E-state index contributed by atoms with van der Waals surface area (Å²) in [5, 5.41) is 9.56. The first-order valence-corrected chi connectivity index (χ1v) is 6.24. The largest absolute Gasteiger partial charge is 0.491 e. The Morgan fingerprint density at radius 1 is 1.50 bits per heavy atom. The van der Waals surface area contributed by atoms with Crippen LogP contribution in [0.25, 0.3) is 0 Å². The van der Waals surface area contributed by atoms with E-state index in [-0.39, 0.29) is 0 Å². The maximum absolute atomic E-state index is 11.0. The third kappa shape index (κ3) is 4.20. The van der Waals surface area contributed by atoms with Gasteiger partial charge in [-0.3, -0.25) is 9.69 Å². The number of para-hydroxylation sites is 1. The van der Waals surface area contributed by atoms with Crippen molar-refractivity contribution in [3.8, 4) is 5.75 Å². The molecule has 1 aromatic rings. The highest BCUT2D eigenvalue weighted by Crippen LogP contribution is 2.22. The Labute approximate surface area is 112 Å². The summed E-state index contributed by atoms with van der Waals surface area (Å²) in [6.45, 7) is 2.80. The molecular weight excluding hydrogens is 254 g/mol. The Morgan fingerprint density at radius 2 is 2.17 bits per heavy atom. The predicted molar refractivity (Wildman–Crippen MR) is 71.3 cm³/mol. The molecule has 0 radical (unpaired) electrons. The van der Waals surface area contributed by atoms with Gasteiger partial charge in [-0.05, 0) is 25.6 Å². The first-order chi connectivity index (χ1) is 8.56. The van der Waals surface area contributed by atoms with Crippen LogP contribution in [-0.4, -0.2) is 42.2 Å². The second-order valence-corrected chi connectivity index (χ2v) is 4.43. The van der Waals surface area contributed by atoms with E-state index in [1.165, 1.54) is 0 Å². The number of ether oxygens (including phenoxy) is 1. The molecule has 0 fully saturated rings. The van der Waals surface area contributed by atoms with Crippen LogP contribution in [0.1, 0.15) is 13.3 Å². The van der Waals surface area contributed by atoms with E-state index in [0.29, 0.717) is 30.3 Å². The maximum Gasteiger partial charge on any atom is 0.320 e. The molecule has 1 atom stereocenters. The molecule has 1 unspecified atom stereocenters. The van der Waals surface area contributed by atoms with E-state index in [9.17, 15) is 4.79 Å². The van der Waals surface area contributed by atoms with Crippen molar-refractivity contribution in [1.82, 2.24) is 4.90 Å². The molecule has 0 saturated carbocycles. The second-order valence-electron chi connectivity index (χ2n) is 4.02. The number of carboxylic acid groups (broad SMARTS) is 1. The van der Waals surface area contributed by atoms with Crippen LogP contribution in [0.5, 0.6) is 5.75 Å². The molecule has 0 aliphatic carbocycles. The number of carbonyl (C=O) groups is 1. The molecule has 100 valence electrons. The average molecular weight is 272 g/mol. The molecular formula is C13H18ClNO3. The number of nitrogens with zero attached hydrogens (tertiary/aromatic N) is 1. The zero-order valence-electron chi connectivity index (χ0n) is 10.6. The van der Waals surface area contributed by atoms with E-state index in [4.69, 9.17) is 21.4 Å². The molecule has 1 rings (SSSR count). The predicted octanol–water partition coefficient (Wildman–Crippen LogP) is 2.51. The van der Waals surface area contributed by atoms with Crippen molar-refractivity contribution in [2.24, 2.45) is 0 Å². The highest BCUT2D eigenvalue weighted by atomic mass is 35.5. The molecule has 5 heteroatoms. The minimum atomic E-state index is -0.808. The summed E-state index contributed by atoms with van der Waals surface area (Å²) in [4.78, 5) is 12.7. The Bertz CT molecular complexity index is 398. The van der Waals surface area contributed by atoms with Gasteiger partial charge >= 0.3 is 5.97 Å². The number of hydrogen-bond donors (Lipinski definition) is 1. The van der Waals surface area contributed by atoms with E-state index in [2.05, 4.69) is 0 Å². The topological polar surface area (TPSA) is 49.8 Å². The zero-order chi connectivity index (χ0) is 13.5. The summed E-state index contributed by atoms with van der Waals surface area (Å²) in [5.74, 6) is -0.186. The smallest absolute Gasteiger partial charge is 0.320 e. The molecule has 0 aliphatic rings. The summed E-state index contributed by atoms with van der Waals surface area (Å²) < 4.78 is 5.52. The molecule has 4 nitrogen and oxygen atoms in total. The summed E-state index contributed by atoms with van der Waals surface area (Å²) in [6.07, 6.45) is 0.567. The minimum Gasteiger partial charge on any atom is -0.491 e. The van der Waals surface area contributed by atoms with Crippen molar-refractivity contribution >= 4 is 17.6 Å². The molecule has 0 heterocycles. The number of hydrogen-bond acceptors (Lipinski definition) is 3. The van der Waals surface area contributed by atoms with Crippen LogP contribution in [0.3, 0.4) is 0 Å². The van der Waals surface area contributed by atoms with Crippen LogP contribution in [0, 0.1) is 0 Å². The van der Waals surface area contributed by atoms with Crippen molar-refractivity contribution in [3.05, 3.63) is 29.3 Å². The Hall–Kier alpha value is -1.26. The lowest BCUT2D eigenvalue weighted by molar-refractivity contribution is -0.143. The van der Waals surface area contributed by atoms with Gasteiger partial charge < -0.3 is 9.84 Å². The fraction of sp³-hybridized carbons (Fsp3) is 0.462. The number of aliphatic carboxylic acids is 1. The van der Waals surface area contributed by atoms with Crippen LogP contribution < -0.4 is 4.74 Å². The molecule has 0 amide bonds. The Morgan fingerprint density at radius 3 is 2.72 bits per heavy atom. The lowest BCUT2D eigenvalue weighted by atomic mass is 10.2. The van der Waals surface area contributed by atoms with Gasteiger partial charge in [-0.1, -0.05) is 30.7 Å². The number of rotatable bonds is 7. The van der Waals surface area contributed by atoms with Crippen molar-refractivity contribution < 1.29 is 14.6 Å². The van der Waals surface area contributed by atoms with Gasteiger partial charge in [0.15, 0.2) is 0 Å². The Balaban J connectivity index is 2.42. The normalized spacial score (nSPS) is 12.4. The quantitative estimate of drug-likeness (QED) is 0.828. The van der Waals surface area contributed by atoms with Crippen molar-refractivity contribution in [3.63, 3.8) is 0 Å². The summed E-state index contributed by atoms with van der Waals surface area (Å²) in [5.41, 5.74) is 0. The van der Waals surface area contributed by atoms with Crippen molar-refractivity contribution in [2.75, 3.05) is 20.2 Å². The van der Waals surface area contributed by atoms with Crippen LogP contribution >= 0.6 is 11.6 Å². The van der Waals surface area contributed by atoms with E-state index in [0.717, 1.165) is 0 Å². The minimum absolute atomic E-state index is 0.407. The third-order valence-electron chi connectivity index (χ3n) is 2.74. The second kappa shape index (κ2) is 7.24.